The van der Waals surface area contributed by atoms with Crippen LogP contribution in [0.3, 0.4) is 0 Å². The van der Waals surface area contributed by atoms with Gasteiger partial charge in [0, 0.05) is 45.5 Å². The summed E-state index contributed by atoms with van der Waals surface area (Å²) >= 11 is 0. The van der Waals surface area contributed by atoms with Gasteiger partial charge >= 0.3 is 0 Å². The Balaban J connectivity index is 1.51. The van der Waals surface area contributed by atoms with E-state index in [0.717, 1.165) is 38.3 Å². The highest BCUT2D eigenvalue weighted by Gasteiger charge is 2.21. The van der Waals surface area contributed by atoms with Gasteiger partial charge < -0.3 is 5.11 Å². The van der Waals surface area contributed by atoms with E-state index in [1.165, 1.54) is 22.4 Å². The standard InChI is InChI=1S/C21H29N3O/c1-16-6-7-19(18(3)13-16)21(25)15-24-11-9-23(10-12-24)14-20-17(2)5-4-8-22-20/h4-8,13,21,25H,9-12,14-15H2,1-3H3/t21-/m1/s1. The second kappa shape index (κ2) is 8.09. The van der Waals surface area contributed by atoms with E-state index in [0.29, 0.717) is 6.54 Å². The van der Waals surface area contributed by atoms with Crippen LogP contribution in [0.5, 0.6) is 0 Å². The molecular formula is C21H29N3O. The minimum Gasteiger partial charge on any atom is -0.387 e. The Hall–Kier alpha value is -1.75. The van der Waals surface area contributed by atoms with Gasteiger partial charge in [0.05, 0.1) is 11.8 Å². The zero-order valence-electron chi connectivity index (χ0n) is 15.6. The first kappa shape index (κ1) is 18.1. The molecule has 134 valence electrons. The first-order chi connectivity index (χ1) is 12.0. The molecule has 1 aliphatic rings. The first-order valence-electron chi connectivity index (χ1n) is 9.13. The van der Waals surface area contributed by atoms with Crippen molar-refractivity contribution in [2.24, 2.45) is 0 Å². The van der Waals surface area contributed by atoms with Crippen molar-refractivity contribution in [2.45, 2.75) is 33.4 Å². The summed E-state index contributed by atoms with van der Waals surface area (Å²) in [6, 6.07) is 10.4. The fourth-order valence-corrected chi connectivity index (χ4v) is 3.57. The van der Waals surface area contributed by atoms with Gasteiger partial charge in [0.2, 0.25) is 0 Å². The molecule has 0 unspecified atom stereocenters. The number of β-amino-alcohol motifs (C(OH)–C–C–N with tert-alkyl or cyclic N) is 1. The topological polar surface area (TPSA) is 39.6 Å². The molecule has 0 aliphatic carbocycles. The summed E-state index contributed by atoms with van der Waals surface area (Å²) in [5.74, 6) is 0. The van der Waals surface area contributed by atoms with Crippen molar-refractivity contribution in [3.63, 3.8) is 0 Å². The zero-order chi connectivity index (χ0) is 17.8. The van der Waals surface area contributed by atoms with Gasteiger partial charge in [0.1, 0.15) is 0 Å². The third kappa shape index (κ3) is 4.66. The van der Waals surface area contributed by atoms with Gasteiger partial charge in [-0.3, -0.25) is 14.8 Å². The Morgan fingerprint density at radius 2 is 1.72 bits per heavy atom. The lowest BCUT2D eigenvalue weighted by atomic mass is 10.0. The van der Waals surface area contributed by atoms with Gasteiger partial charge in [-0.1, -0.05) is 29.8 Å². The van der Waals surface area contributed by atoms with Crippen LogP contribution in [0.4, 0.5) is 0 Å². The molecule has 2 aromatic rings. The summed E-state index contributed by atoms with van der Waals surface area (Å²) in [5.41, 5.74) is 5.90. The van der Waals surface area contributed by atoms with E-state index in [1.54, 1.807) is 0 Å². The smallest absolute Gasteiger partial charge is 0.0919 e. The molecular weight excluding hydrogens is 310 g/mol. The number of aryl methyl sites for hydroxylation is 3. The molecule has 1 fully saturated rings. The van der Waals surface area contributed by atoms with Crippen LogP contribution in [-0.4, -0.2) is 52.6 Å². The van der Waals surface area contributed by atoms with Crippen LogP contribution in [0.25, 0.3) is 0 Å². The SMILES string of the molecule is Cc1ccc([C@H](O)CN2CCN(Cc3ncccc3C)CC2)c(C)c1. The molecule has 2 heterocycles. The minimum atomic E-state index is -0.412. The highest BCUT2D eigenvalue weighted by Crippen LogP contribution is 2.21. The van der Waals surface area contributed by atoms with Crippen LogP contribution in [-0.2, 0) is 6.54 Å². The number of hydrogen-bond acceptors (Lipinski definition) is 4. The maximum absolute atomic E-state index is 10.6. The number of aliphatic hydroxyl groups is 1. The monoisotopic (exact) mass is 339 g/mol. The Morgan fingerprint density at radius 3 is 2.40 bits per heavy atom. The second-order valence-corrected chi connectivity index (χ2v) is 7.22. The van der Waals surface area contributed by atoms with Crippen LogP contribution in [0.15, 0.2) is 36.5 Å². The average molecular weight is 339 g/mol. The van der Waals surface area contributed by atoms with Gasteiger partial charge in [0.15, 0.2) is 0 Å². The molecule has 1 aromatic carbocycles. The van der Waals surface area contributed by atoms with Gasteiger partial charge in [-0.15, -0.1) is 0 Å². The van der Waals surface area contributed by atoms with Crippen molar-refractivity contribution in [3.8, 4) is 0 Å². The zero-order valence-corrected chi connectivity index (χ0v) is 15.6. The summed E-state index contributed by atoms with van der Waals surface area (Å²) < 4.78 is 0. The van der Waals surface area contributed by atoms with Crippen molar-refractivity contribution >= 4 is 0 Å². The van der Waals surface area contributed by atoms with E-state index in [-0.39, 0.29) is 0 Å². The van der Waals surface area contributed by atoms with Crippen molar-refractivity contribution in [2.75, 3.05) is 32.7 Å². The molecule has 0 spiro atoms. The molecule has 1 aromatic heterocycles. The quantitative estimate of drug-likeness (QED) is 0.909. The van der Waals surface area contributed by atoms with Crippen molar-refractivity contribution in [1.29, 1.82) is 0 Å². The van der Waals surface area contributed by atoms with Crippen LogP contribution in [0.1, 0.15) is 34.1 Å². The fraction of sp³-hybridized carbons (Fsp3) is 0.476. The Bertz CT molecular complexity index is 708. The largest absolute Gasteiger partial charge is 0.387 e. The number of piperazine rings is 1. The number of aliphatic hydroxyl groups excluding tert-OH is 1. The van der Waals surface area contributed by atoms with Crippen molar-refractivity contribution in [1.82, 2.24) is 14.8 Å². The summed E-state index contributed by atoms with van der Waals surface area (Å²) in [4.78, 5) is 9.32. The molecule has 1 aliphatic heterocycles. The molecule has 25 heavy (non-hydrogen) atoms. The van der Waals surface area contributed by atoms with E-state index in [9.17, 15) is 5.11 Å². The van der Waals surface area contributed by atoms with Crippen LogP contribution < -0.4 is 0 Å². The minimum absolute atomic E-state index is 0.412. The molecule has 1 N–H and O–H groups in total. The van der Waals surface area contributed by atoms with Crippen molar-refractivity contribution < 1.29 is 5.11 Å². The predicted molar refractivity (Wildman–Crippen MR) is 102 cm³/mol. The van der Waals surface area contributed by atoms with E-state index in [4.69, 9.17) is 0 Å². The summed E-state index contributed by atoms with van der Waals surface area (Å²) in [5, 5.41) is 10.6. The second-order valence-electron chi connectivity index (χ2n) is 7.22. The van der Waals surface area contributed by atoms with Gasteiger partial charge in [0.25, 0.3) is 0 Å². The maximum Gasteiger partial charge on any atom is 0.0919 e. The third-order valence-corrected chi connectivity index (χ3v) is 5.17. The molecule has 0 amide bonds. The summed E-state index contributed by atoms with van der Waals surface area (Å²) in [6.45, 7) is 12.0. The maximum atomic E-state index is 10.6. The van der Waals surface area contributed by atoms with E-state index < -0.39 is 6.10 Å². The van der Waals surface area contributed by atoms with Crippen LogP contribution in [0, 0.1) is 20.8 Å². The molecule has 1 saturated heterocycles. The normalized spacial score (nSPS) is 17.6. The van der Waals surface area contributed by atoms with Gasteiger partial charge in [-0.05, 0) is 43.5 Å². The molecule has 0 saturated carbocycles. The van der Waals surface area contributed by atoms with Gasteiger partial charge in [-0.2, -0.15) is 0 Å². The lowest BCUT2D eigenvalue weighted by Gasteiger charge is -2.35. The number of pyridine rings is 1. The summed E-state index contributed by atoms with van der Waals surface area (Å²) in [6.07, 6.45) is 1.46. The van der Waals surface area contributed by atoms with E-state index in [2.05, 4.69) is 59.8 Å². The third-order valence-electron chi connectivity index (χ3n) is 5.17. The van der Waals surface area contributed by atoms with Crippen LogP contribution >= 0.6 is 0 Å². The number of nitrogens with zero attached hydrogens (tertiary/aromatic N) is 3. The molecule has 1 atom stereocenters. The Kier molecular flexibility index (Phi) is 5.84. The van der Waals surface area contributed by atoms with Crippen LogP contribution in [0.2, 0.25) is 0 Å². The van der Waals surface area contributed by atoms with E-state index in [1.807, 2.05) is 12.3 Å². The first-order valence-corrected chi connectivity index (χ1v) is 9.13. The Labute approximate surface area is 151 Å². The van der Waals surface area contributed by atoms with Crippen molar-refractivity contribution in [3.05, 3.63) is 64.5 Å². The molecule has 4 nitrogen and oxygen atoms in total. The molecule has 0 radical (unpaired) electrons. The van der Waals surface area contributed by atoms with Gasteiger partial charge in [-0.25, -0.2) is 0 Å². The number of rotatable bonds is 5. The molecule has 4 heteroatoms. The molecule has 0 bridgehead atoms. The Morgan fingerprint density at radius 1 is 1.00 bits per heavy atom. The highest BCUT2D eigenvalue weighted by molar-refractivity contribution is 5.32. The molecule has 3 rings (SSSR count). The lowest BCUT2D eigenvalue weighted by molar-refractivity contribution is 0.0693. The number of hydrogen-bond donors (Lipinski definition) is 1. The highest BCUT2D eigenvalue weighted by atomic mass is 16.3. The fourth-order valence-electron chi connectivity index (χ4n) is 3.57. The van der Waals surface area contributed by atoms with E-state index >= 15 is 0 Å². The summed E-state index contributed by atoms with van der Waals surface area (Å²) in [7, 11) is 0. The number of benzene rings is 1. The lowest BCUT2D eigenvalue weighted by Crippen LogP contribution is -2.47. The average Bonchev–Trinajstić information content (AvgIpc) is 2.58. The predicted octanol–water partition coefficient (Wildman–Crippen LogP) is 2.86. The number of aromatic nitrogens is 1.